The summed E-state index contributed by atoms with van der Waals surface area (Å²) in [7, 11) is 1.48. The minimum atomic E-state index is -0.665. The third-order valence-corrected chi connectivity index (χ3v) is 5.52. The molecule has 33 heavy (non-hydrogen) atoms. The second-order valence-electron chi connectivity index (χ2n) is 8.44. The Balaban J connectivity index is 1.72. The zero-order chi connectivity index (χ0) is 23.8. The molecule has 1 aliphatic heterocycles. The van der Waals surface area contributed by atoms with Gasteiger partial charge in [0.15, 0.2) is 22.7 Å². The van der Waals surface area contributed by atoms with Crippen molar-refractivity contribution in [2.45, 2.75) is 45.5 Å². The number of fused-ring (bicyclic) bond motifs is 1. The Hall–Kier alpha value is -3.23. The molecule has 1 atom stereocenters. The molecule has 1 aromatic heterocycles. The molecule has 0 spiro atoms. The van der Waals surface area contributed by atoms with Crippen molar-refractivity contribution in [2.75, 3.05) is 20.3 Å². The van der Waals surface area contributed by atoms with E-state index in [-0.39, 0.29) is 40.9 Å². The van der Waals surface area contributed by atoms with Gasteiger partial charge >= 0.3 is 0 Å². The van der Waals surface area contributed by atoms with E-state index in [1.54, 1.807) is 18.2 Å². The molecular formula is C25H28O8. The highest BCUT2D eigenvalue weighted by Gasteiger charge is 2.33. The molecule has 4 rings (SSSR count). The monoisotopic (exact) mass is 456 g/mol. The number of ether oxygens (including phenoxy) is 4. The SMILES string of the molecule is CCCc1c(-c2cc(=O)c3c(O)cc(OCC4COC(C)(C)O4)cc3o2)ccc(OC)c1O. The van der Waals surface area contributed by atoms with Crippen LogP contribution in [0.5, 0.6) is 23.0 Å². The normalized spacial score (nSPS) is 17.4. The second kappa shape index (κ2) is 8.96. The van der Waals surface area contributed by atoms with Crippen LogP contribution >= 0.6 is 0 Å². The van der Waals surface area contributed by atoms with E-state index >= 15 is 0 Å². The van der Waals surface area contributed by atoms with E-state index in [2.05, 4.69) is 0 Å². The number of rotatable bonds is 7. The molecule has 1 unspecified atom stereocenters. The summed E-state index contributed by atoms with van der Waals surface area (Å²) >= 11 is 0. The highest BCUT2D eigenvalue weighted by Crippen LogP contribution is 2.39. The standard InChI is InChI=1S/C25H28O8/c1-5-6-17-16(7-8-20(29-4)24(17)28)21-11-19(27)23-18(26)9-14(10-22(23)32-21)30-12-15-13-31-25(2,3)33-15/h7-11,15,26,28H,5-6,12-13H2,1-4H3. The number of hydrogen-bond donors (Lipinski definition) is 2. The Bertz CT molecular complexity index is 1230. The molecule has 176 valence electrons. The van der Waals surface area contributed by atoms with Crippen molar-refractivity contribution in [1.29, 1.82) is 0 Å². The zero-order valence-electron chi connectivity index (χ0n) is 19.1. The van der Waals surface area contributed by atoms with E-state index in [0.717, 1.165) is 6.42 Å². The Labute approximate surface area is 191 Å². The van der Waals surface area contributed by atoms with Gasteiger partial charge in [0.1, 0.15) is 40.9 Å². The fourth-order valence-electron chi connectivity index (χ4n) is 4.01. The maximum Gasteiger partial charge on any atom is 0.197 e. The van der Waals surface area contributed by atoms with Crippen LogP contribution in [-0.4, -0.2) is 42.4 Å². The lowest BCUT2D eigenvalue weighted by Crippen LogP contribution is -2.25. The van der Waals surface area contributed by atoms with Gasteiger partial charge < -0.3 is 33.6 Å². The van der Waals surface area contributed by atoms with Crippen molar-refractivity contribution in [3.8, 4) is 34.3 Å². The quantitative estimate of drug-likeness (QED) is 0.540. The average molecular weight is 456 g/mol. The first-order chi connectivity index (χ1) is 15.7. The molecule has 3 aromatic rings. The summed E-state index contributed by atoms with van der Waals surface area (Å²) in [5, 5.41) is 21.1. The number of hydrogen-bond acceptors (Lipinski definition) is 8. The van der Waals surface area contributed by atoms with Crippen LogP contribution in [0.4, 0.5) is 0 Å². The highest BCUT2D eigenvalue weighted by atomic mass is 16.7. The summed E-state index contributed by atoms with van der Waals surface area (Å²) in [6, 6.07) is 7.61. The smallest absolute Gasteiger partial charge is 0.197 e. The fraction of sp³-hybridized carbons (Fsp3) is 0.400. The second-order valence-corrected chi connectivity index (χ2v) is 8.44. The van der Waals surface area contributed by atoms with Gasteiger partial charge in [-0.25, -0.2) is 0 Å². The molecule has 2 aromatic carbocycles. The fourth-order valence-corrected chi connectivity index (χ4v) is 4.01. The van der Waals surface area contributed by atoms with Gasteiger partial charge in [0.05, 0.1) is 13.7 Å². The maximum absolute atomic E-state index is 12.8. The Morgan fingerprint density at radius 3 is 2.64 bits per heavy atom. The van der Waals surface area contributed by atoms with E-state index in [1.165, 1.54) is 19.2 Å². The Morgan fingerprint density at radius 1 is 1.18 bits per heavy atom. The van der Waals surface area contributed by atoms with Gasteiger partial charge in [-0.05, 0) is 32.4 Å². The van der Waals surface area contributed by atoms with Crippen LogP contribution in [0, 0.1) is 0 Å². The first-order valence-corrected chi connectivity index (χ1v) is 10.9. The van der Waals surface area contributed by atoms with Gasteiger partial charge in [-0.3, -0.25) is 4.79 Å². The van der Waals surface area contributed by atoms with Crippen LogP contribution in [0.15, 0.2) is 39.5 Å². The minimum Gasteiger partial charge on any atom is -0.507 e. The van der Waals surface area contributed by atoms with Gasteiger partial charge in [0, 0.05) is 29.3 Å². The predicted molar refractivity (Wildman–Crippen MR) is 122 cm³/mol. The number of phenolic OH excluding ortho intramolecular Hbond substituents is 2. The first-order valence-electron chi connectivity index (χ1n) is 10.9. The van der Waals surface area contributed by atoms with Crippen LogP contribution in [0.2, 0.25) is 0 Å². The molecule has 8 nitrogen and oxygen atoms in total. The van der Waals surface area contributed by atoms with Crippen LogP contribution in [0.25, 0.3) is 22.3 Å². The van der Waals surface area contributed by atoms with Gasteiger partial charge in [0.2, 0.25) is 0 Å². The van der Waals surface area contributed by atoms with Gasteiger partial charge in [-0.1, -0.05) is 13.3 Å². The van der Waals surface area contributed by atoms with Crippen LogP contribution in [0.3, 0.4) is 0 Å². The third-order valence-electron chi connectivity index (χ3n) is 5.52. The maximum atomic E-state index is 12.8. The molecule has 8 heteroatoms. The molecule has 0 radical (unpaired) electrons. The van der Waals surface area contributed by atoms with Crippen molar-refractivity contribution in [3.63, 3.8) is 0 Å². The van der Waals surface area contributed by atoms with Crippen molar-refractivity contribution in [3.05, 3.63) is 46.1 Å². The Kier molecular flexibility index (Phi) is 6.23. The lowest BCUT2D eigenvalue weighted by molar-refractivity contribution is -0.141. The molecule has 2 N–H and O–H groups in total. The molecule has 1 aliphatic rings. The first kappa shape index (κ1) is 22.9. The number of aromatic hydroxyl groups is 2. The molecule has 0 aliphatic carbocycles. The Morgan fingerprint density at radius 2 is 1.97 bits per heavy atom. The molecule has 0 saturated carbocycles. The predicted octanol–water partition coefficient (Wildman–Crippen LogP) is 4.36. The van der Waals surface area contributed by atoms with Crippen LogP contribution in [0.1, 0.15) is 32.8 Å². The van der Waals surface area contributed by atoms with Gasteiger partial charge in [0.25, 0.3) is 0 Å². The summed E-state index contributed by atoms with van der Waals surface area (Å²) in [5.74, 6) is 0.0698. The summed E-state index contributed by atoms with van der Waals surface area (Å²) in [6.45, 7) is 6.25. The topological polar surface area (TPSA) is 108 Å². The summed E-state index contributed by atoms with van der Waals surface area (Å²) in [6.07, 6.45) is 1.08. The number of methoxy groups -OCH3 is 1. The lowest BCUT2D eigenvalue weighted by Gasteiger charge is -2.17. The van der Waals surface area contributed by atoms with Crippen molar-refractivity contribution < 1.29 is 33.6 Å². The third kappa shape index (κ3) is 4.62. The van der Waals surface area contributed by atoms with E-state index in [0.29, 0.717) is 35.7 Å². The van der Waals surface area contributed by atoms with Crippen molar-refractivity contribution in [1.82, 2.24) is 0 Å². The van der Waals surface area contributed by atoms with Gasteiger partial charge in [-0.15, -0.1) is 0 Å². The molecule has 2 heterocycles. The number of phenols is 2. The van der Waals surface area contributed by atoms with E-state index in [9.17, 15) is 15.0 Å². The molecule has 1 saturated heterocycles. The minimum absolute atomic E-state index is 0.0150. The van der Waals surface area contributed by atoms with E-state index < -0.39 is 11.2 Å². The average Bonchev–Trinajstić information content (AvgIpc) is 3.11. The van der Waals surface area contributed by atoms with Crippen LogP contribution < -0.4 is 14.9 Å². The summed E-state index contributed by atoms with van der Waals surface area (Å²) < 4.78 is 28.3. The van der Waals surface area contributed by atoms with E-state index in [1.807, 2.05) is 20.8 Å². The molecule has 0 amide bonds. The molecule has 0 bridgehead atoms. The van der Waals surface area contributed by atoms with Gasteiger partial charge in [-0.2, -0.15) is 0 Å². The molecule has 1 fully saturated rings. The van der Waals surface area contributed by atoms with Crippen molar-refractivity contribution in [2.24, 2.45) is 0 Å². The van der Waals surface area contributed by atoms with Crippen molar-refractivity contribution >= 4 is 11.0 Å². The highest BCUT2D eigenvalue weighted by molar-refractivity contribution is 5.86. The summed E-state index contributed by atoms with van der Waals surface area (Å²) in [5.41, 5.74) is 0.979. The number of benzene rings is 2. The van der Waals surface area contributed by atoms with Crippen LogP contribution in [-0.2, 0) is 15.9 Å². The molecular weight excluding hydrogens is 428 g/mol. The summed E-state index contributed by atoms with van der Waals surface area (Å²) in [4.78, 5) is 12.8. The largest absolute Gasteiger partial charge is 0.507 e. The lowest BCUT2D eigenvalue weighted by atomic mass is 9.98. The zero-order valence-corrected chi connectivity index (χ0v) is 19.1. The van der Waals surface area contributed by atoms with E-state index in [4.69, 9.17) is 23.4 Å².